The molecule has 0 bridgehead atoms. The Morgan fingerprint density at radius 2 is 1.85 bits per heavy atom. The maximum atomic E-state index is 14.6. The molecule has 5 rings (SSSR count). The van der Waals surface area contributed by atoms with Crippen molar-refractivity contribution in [3.05, 3.63) is 66.1 Å². The van der Waals surface area contributed by atoms with E-state index >= 15 is 0 Å². The van der Waals surface area contributed by atoms with Crippen molar-refractivity contribution in [2.45, 2.75) is 6.54 Å². The second kappa shape index (κ2) is 9.39. The molecule has 176 valence electrons. The fourth-order valence-corrected chi connectivity index (χ4v) is 4.52. The highest BCUT2D eigenvalue weighted by Crippen LogP contribution is 2.27. The molecule has 1 atom stereocenters. The van der Waals surface area contributed by atoms with E-state index in [1.54, 1.807) is 46.2 Å². The number of hydrogen-bond donors (Lipinski definition) is 0. The summed E-state index contributed by atoms with van der Waals surface area (Å²) in [5.41, 5.74) is 1.94. The van der Waals surface area contributed by atoms with Crippen LogP contribution in [0.1, 0.15) is 5.56 Å². The van der Waals surface area contributed by atoms with Crippen LogP contribution in [0.3, 0.4) is 0 Å². The first-order valence-corrected chi connectivity index (χ1v) is 12.1. The average Bonchev–Trinajstić information content (AvgIpc) is 3.51. The van der Waals surface area contributed by atoms with Crippen molar-refractivity contribution in [1.29, 1.82) is 0 Å². The molecule has 12 heteroatoms. The van der Waals surface area contributed by atoms with Crippen LogP contribution in [-0.2, 0) is 17.5 Å². The van der Waals surface area contributed by atoms with Gasteiger partial charge in [0.15, 0.2) is 17.5 Å². The summed E-state index contributed by atoms with van der Waals surface area (Å²) in [6.07, 6.45) is 4.18. The average molecular weight is 486 g/mol. The predicted molar refractivity (Wildman–Crippen MR) is 122 cm³/mol. The van der Waals surface area contributed by atoms with Gasteiger partial charge in [0.2, 0.25) is 0 Å². The smallest absolute Gasteiger partial charge is 0.183 e. The van der Waals surface area contributed by atoms with Gasteiger partial charge in [-0.15, -0.1) is 0 Å². The van der Waals surface area contributed by atoms with Gasteiger partial charge in [0.25, 0.3) is 0 Å². The third kappa shape index (κ3) is 4.46. The van der Waals surface area contributed by atoms with Crippen molar-refractivity contribution in [1.82, 2.24) is 29.2 Å². The lowest BCUT2D eigenvalue weighted by atomic mass is 10.2. The van der Waals surface area contributed by atoms with Gasteiger partial charge in [-0.2, -0.15) is 5.10 Å². The number of rotatable bonds is 6. The Hall–Kier alpha value is -3.51. The van der Waals surface area contributed by atoms with E-state index < -0.39 is 16.8 Å². The molecule has 4 aromatic rings. The van der Waals surface area contributed by atoms with E-state index in [2.05, 4.69) is 20.2 Å². The summed E-state index contributed by atoms with van der Waals surface area (Å²) in [4.78, 5) is 10.4. The number of benzene rings is 1. The molecular formula is C22H21F2N7O2S. The molecule has 1 fully saturated rings. The standard InChI is InChI=1S/C22H21F2N7O2S/c1-34(32)30-9-7-29(8-10-30)22-17(24)13-25-21(26-22)19-12-20(18-6-11-33-28-18)31(27-19)14-15-4-2-3-5-16(15)23/h2-6,11-13H,7-10,14H2,1H3. The fourth-order valence-electron chi connectivity index (χ4n) is 3.85. The van der Waals surface area contributed by atoms with Gasteiger partial charge in [-0.3, -0.25) is 4.68 Å². The Balaban J connectivity index is 1.49. The van der Waals surface area contributed by atoms with Gasteiger partial charge in [0, 0.05) is 44.1 Å². The van der Waals surface area contributed by atoms with E-state index in [-0.39, 0.29) is 24.0 Å². The van der Waals surface area contributed by atoms with E-state index in [1.807, 2.05) is 4.31 Å². The molecule has 3 aromatic heterocycles. The largest absolute Gasteiger partial charge is 0.364 e. The minimum absolute atomic E-state index is 0.152. The summed E-state index contributed by atoms with van der Waals surface area (Å²) in [5.74, 6) is -0.497. The molecule has 0 aliphatic carbocycles. The normalized spacial score (nSPS) is 15.6. The number of hydrogen-bond acceptors (Lipinski definition) is 7. The molecule has 34 heavy (non-hydrogen) atoms. The van der Waals surface area contributed by atoms with Crippen LogP contribution < -0.4 is 4.90 Å². The van der Waals surface area contributed by atoms with Crippen LogP contribution >= 0.6 is 0 Å². The molecule has 0 saturated carbocycles. The molecule has 0 radical (unpaired) electrons. The quantitative estimate of drug-likeness (QED) is 0.415. The Morgan fingerprint density at radius 1 is 1.06 bits per heavy atom. The molecule has 1 aromatic carbocycles. The predicted octanol–water partition coefficient (Wildman–Crippen LogP) is 2.74. The van der Waals surface area contributed by atoms with E-state index in [1.165, 1.54) is 12.3 Å². The molecule has 4 heterocycles. The fraction of sp³-hybridized carbons (Fsp3) is 0.273. The second-order valence-electron chi connectivity index (χ2n) is 7.75. The zero-order valence-electron chi connectivity index (χ0n) is 18.3. The zero-order valence-corrected chi connectivity index (χ0v) is 19.1. The number of halogens is 2. The minimum Gasteiger partial charge on any atom is -0.364 e. The number of aromatic nitrogens is 5. The summed E-state index contributed by atoms with van der Waals surface area (Å²) < 4.78 is 49.0. The SMILES string of the molecule is CS(=O)N1CCN(c2nc(-c3cc(-c4ccon4)n(Cc4ccccc4F)n3)ncc2F)CC1. The first-order valence-electron chi connectivity index (χ1n) is 10.6. The summed E-state index contributed by atoms with van der Waals surface area (Å²) >= 11 is 0. The second-order valence-corrected chi connectivity index (χ2v) is 9.12. The van der Waals surface area contributed by atoms with Crippen LogP contribution in [-0.4, -0.2) is 65.9 Å². The molecule has 0 N–H and O–H groups in total. The van der Waals surface area contributed by atoms with Gasteiger partial charge in [-0.1, -0.05) is 23.4 Å². The summed E-state index contributed by atoms with van der Waals surface area (Å²) in [7, 11) is -1.07. The Morgan fingerprint density at radius 3 is 2.56 bits per heavy atom. The molecule has 0 amide bonds. The van der Waals surface area contributed by atoms with Crippen LogP contribution in [0, 0.1) is 11.6 Å². The molecule has 1 aliphatic rings. The van der Waals surface area contributed by atoms with Crippen molar-refractivity contribution in [2.75, 3.05) is 37.3 Å². The van der Waals surface area contributed by atoms with Crippen LogP contribution in [0.2, 0.25) is 0 Å². The Bertz CT molecular complexity index is 1320. The maximum Gasteiger partial charge on any atom is 0.183 e. The Labute approximate surface area is 196 Å². The van der Waals surface area contributed by atoms with Crippen molar-refractivity contribution in [3.8, 4) is 22.9 Å². The first kappa shape index (κ1) is 22.3. The van der Waals surface area contributed by atoms with Crippen molar-refractivity contribution >= 4 is 16.8 Å². The number of anilines is 1. The molecular weight excluding hydrogens is 464 g/mol. The number of piperazine rings is 1. The summed E-state index contributed by atoms with van der Waals surface area (Å²) in [6.45, 7) is 2.20. The van der Waals surface area contributed by atoms with Crippen molar-refractivity contribution in [3.63, 3.8) is 0 Å². The lowest BCUT2D eigenvalue weighted by Gasteiger charge is -2.33. The highest BCUT2D eigenvalue weighted by Gasteiger charge is 2.24. The van der Waals surface area contributed by atoms with Crippen molar-refractivity contribution in [2.24, 2.45) is 0 Å². The lowest BCUT2D eigenvalue weighted by Crippen LogP contribution is -2.47. The topological polar surface area (TPSA) is 93.2 Å². The van der Waals surface area contributed by atoms with Crippen LogP contribution in [0.25, 0.3) is 22.9 Å². The minimum atomic E-state index is -1.07. The summed E-state index contributed by atoms with van der Waals surface area (Å²) in [6, 6.07) is 9.83. The van der Waals surface area contributed by atoms with Gasteiger partial charge in [-0.05, 0) is 12.1 Å². The zero-order chi connectivity index (χ0) is 23.7. The molecule has 1 saturated heterocycles. The van der Waals surface area contributed by atoms with E-state index in [9.17, 15) is 13.0 Å². The van der Waals surface area contributed by atoms with Crippen molar-refractivity contribution < 1.29 is 17.5 Å². The van der Waals surface area contributed by atoms with Gasteiger partial charge in [0.1, 0.15) is 23.5 Å². The highest BCUT2D eigenvalue weighted by atomic mass is 32.2. The monoisotopic (exact) mass is 485 g/mol. The van der Waals surface area contributed by atoms with Gasteiger partial charge in [-0.25, -0.2) is 27.3 Å². The molecule has 1 aliphatic heterocycles. The van der Waals surface area contributed by atoms with Crippen LogP contribution in [0.15, 0.2) is 53.4 Å². The van der Waals surface area contributed by atoms with Gasteiger partial charge in [0.05, 0.1) is 29.4 Å². The van der Waals surface area contributed by atoms with E-state index in [0.29, 0.717) is 48.8 Å². The maximum absolute atomic E-state index is 14.6. The number of nitrogens with zero attached hydrogens (tertiary/aromatic N) is 7. The highest BCUT2D eigenvalue weighted by molar-refractivity contribution is 7.81. The third-order valence-corrected chi connectivity index (χ3v) is 6.71. The Kier molecular flexibility index (Phi) is 6.16. The van der Waals surface area contributed by atoms with Gasteiger partial charge >= 0.3 is 0 Å². The molecule has 1 unspecified atom stereocenters. The first-order chi connectivity index (χ1) is 16.5. The summed E-state index contributed by atoms with van der Waals surface area (Å²) in [5, 5.41) is 8.55. The van der Waals surface area contributed by atoms with Crippen LogP contribution in [0.4, 0.5) is 14.6 Å². The lowest BCUT2D eigenvalue weighted by molar-refractivity contribution is 0.407. The van der Waals surface area contributed by atoms with E-state index in [0.717, 1.165) is 6.20 Å². The van der Waals surface area contributed by atoms with Crippen LogP contribution in [0.5, 0.6) is 0 Å². The molecule has 0 spiro atoms. The molecule has 9 nitrogen and oxygen atoms in total. The van der Waals surface area contributed by atoms with Gasteiger partial charge < -0.3 is 9.42 Å². The third-order valence-electron chi connectivity index (χ3n) is 5.61. The van der Waals surface area contributed by atoms with E-state index in [4.69, 9.17) is 4.52 Å².